The SMILES string of the molecule is CC(=CC(C)(C)C)c1ccc(C(=O)NC2CC2)cc1. The Labute approximate surface area is 115 Å². The third-order valence-corrected chi connectivity index (χ3v) is 3.16. The van der Waals surface area contributed by atoms with Crippen LogP contribution in [0, 0.1) is 5.41 Å². The van der Waals surface area contributed by atoms with Gasteiger partial charge in [0.25, 0.3) is 5.91 Å². The van der Waals surface area contributed by atoms with Crippen LogP contribution in [0.15, 0.2) is 30.3 Å². The quantitative estimate of drug-likeness (QED) is 0.870. The maximum Gasteiger partial charge on any atom is 0.251 e. The van der Waals surface area contributed by atoms with E-state index in [-0.39, 0.29) is 11.3 Å². The molecule has 1 aromatic carbocycles. The number of amides is 1. The summed E-state index contributed by atoms with van der Waals surface area (Å²) in [6.45, 7) is 8.68. The first-order valence-electron chi connectivity index (χ1n) is 6.96. The van der Waals surface area contributed by atoms with Gasteiger partial charge in [-0.2, -0.15) is 0 Å². The lowest BCUT2D eigenvalue weighted by atomic mass is 9.91. The maximum atomic E-state index is 11.9. The van der Waals surface area contributed by atoms with E-state index in [1.807, 2.05) is 24.3 Å². The monoisotopic (exact) mass is 257 g/mol. The van der Waals surface area contributed by atoms with Crippen molar-refractivity contribution >= 4 is 11.5 Å². The van der Waals surface area contributed by atoms with Crippen molar-refractivity contribution < 1.29 is 4.79 Å². The van der Waals surface area contributed by atoms with Gasteiger partial charge in [0.05, 0.1) is 0 Å². The number of rotatable bonds is 3. The fourth-order valence-corrected chi connectivity index (χ4v) is 2.11. The van der Waals surface area contributed by atoms with E-state index in [2.05, 4.69) is 39.1 Å². The van der Waals surface area contributed by atoms with Crippen LogP contribution in [0.3, 0.4) is 0 Å². The molecule has 1 saturated carbocycles. The Bertz CT molecular complexity index is 487. The zero-order valence-electron chi connectivity index (χ0n) is 12.3. The van der Waals surface area contributed by atoms with Gasteiger partial charge in [-0.3, -0.25) is 4.79 Å². The van der Waals surface area contributed by atoms with Gasteiger partial charge in [0.1, 0.15) is 0 Å². The van der Waals surface area contributed by atoms with Crippen molar-refractivity contribution in [3.8, 4) is 0 Å². The lowest BCUT2D eigenvalue weighted by Gasteiger charge is -2.14. The van der Waals surface area contributed by atoms with Crippen molar-refractivity contribution in [3.63, 3.8) is 0 Å². The van der Waals surface area contributed by atoms with E-state index in [9.17, 15) is 4.79 Å². The Hall–Kier alpha value is -1.57. The number of carbonyl (C=O) groups is 1. The summed E-state index contributed by atoms with van der Waals surface area (Å²) in [4.78, 5) is 11.9. The standard InChI is InChI=1S/C17H23NO/c1-12(11-17(2,3)4)13-5-7-14(8-6-13)16(19)18-15-9-10-15/h5-8,11,15H,9-10H2,1-4H3,(H,18,19). The van der Waals surface area contributed by atoms with Crippen molar-refractivity contribution in [2.75, 3.05) is 0 Å². The molecule has 0 radical (unpaired) electrons. The molecule has 0 atom stereocenters. The van der Waals surface area contributed by atoms with Crippen molar-refractivity contribution in [3.05, 3.63) is 41.5 Å². The minimum Gasteiger partial charge on any atom is -0.349 e. The fraction of sp³-hybridized carbons (Fsp3) is 0.471. The molecule has 0 aliphatic heterocycles. The van der Waals surface area contributed by atoms with Gasteiger partial charge in [-0.1, -0.05) is 39.0 Å². The molecular formula is C17H23NO. The maximum absolute atomic E-state index is 11.9. The highest BCUT2D eigenvalue weighted by Gasteiger charge is 2.23. The molecule has 0 unspecified atom stereocenters. The number of allylic oxidation sites excluding steroid dienone is 2. The van der Waals surface area contributed by atoms with Gasteiger partial charge >= 0.3 is 0 Å². The smallest absolute Gasteiger partial charge is 0.251 e. The van der Waals surface area contributed by atoms with E-state index in [1.165, 1.54) is 11.1 Å². The van der Waals surface area contributed by atoms with Crippen molar-refractivity contribution in [2.45, 2.75) is 46.6 Å². The van der Waals surface area contributed by atoms with E-state index >= 15 is 0 Å². The van der Waals surface area contributed by atoms with Gasteiger partial charge in [0, 0.05) is 11.6 Å². The summed E-state index contributed by atoms with van der Waals surface area (Å²) in [5, 5.41) is 3.00. The van der Waals surface area contributed by atoms with Crippen molar-refractivity contribution in [1.82, 2.24) is 5.32 Å². The molecule has 2 rings (SSSR count). The van der Waals surface area contributed by atoms with E-state index in [0.29, 0.717) is 6.04 Å². The molecule has 1 aliphatic carbocycles. The van der Waals surface area contributed by atoms with Crippen LogP contribution in [0.1, 0.15) is 56.5 Å². The summed E-state index contributed by atoms with van der Waals surface area (Å²) in [7, 11) is 0. The number of carbonyl (C=O) groups excluding carboxylic acids is 1. The van der Waals surface area contributed by atoms with Crippen LogP contribution >= 0.6 is 0 Å². The minimum absolute atomic E-state index is 0.0477. The summed E-state index contributed by atoms with van der Waals surface area (Å²) in [5.41, 5.74) is 3.35. The molecule has 19 heavy (non-hydrogen) atoms. The van der Waals surface area contributed by atoms with Crippen LogP contribution in [0.4, 0.5) is 0 Å². The molecule has 2 nitrogen and oxygen atoms in total. The average molecular weight is 257 g/mol. The van der Waals surface area contributed by atoms with E-state index in [4.69, 9.17) is 0 Å². The van der Waals surface area contributed by atoms with Gasteiger partial charge in [0.15, 0.2) is 0 Å². The highest BCUT2D eigenvalue weighted by molar-refractivity contribution is 5.94. The summed E-state index contributed by atoms with van der Waals surface area (Å²) in [6, 6.07) is 8.29. The first-order chi connectivity index (χ1) is 8.85. The molecule has 0 heterocycles. The van der Waals surface area contributed by atoms with Gasteiger partial charge in [0.2, 0.25) is 0 Å². The lowest BCUT2D eigenvalue weighted by Crippen LogP contribution is -2.25. The molecule has 1 aromatic rings. The molecule has 0 bridgehead atoms. The number of hydrogen-bond acceptors (Lipinski definition) is 1. The number of nitrogens with one attached hydrogen (secondary N) is 1. The molecule has 2 heteroatoms. The largest absolute Gasteiger partial charge is 0.349 e. The molecular weight excluding hydrogens is 234 g/mol. The minimum atomic E-state index is 0.0477. The summed E-state index contributed by atoms with van der Waals surface area (Å²) in [6.07, 6.45) is 4.50. The van der Waals surface area contributed by atoms with E-state index in [0.717, 1.165) is 18.4 Å². The van der Waals surface area contributed by atoms with Crippen molar-refractivity contribution in [1.29, 1.82) is 0 Å². The van der Waals surface area contributed by atoms with Crippen LogP contribution in [0.25, 0.3) is 5.57 Å². The molecule has 1 N–H and O–H groups in total. The first kappa shape index (κ1) is 13.9. The van der Waals surface area contributed by atoms with E-state index in [1.54, 1.807) is 0 Å². The van der Waals surface area contributed by atoms with Gasteiger partial charge in [-0.25, -0.2) is 0 Å². The first-order valence-corrected chi connectivity index (χ1v) is 6.96. The summed E-state index contributed by atoms with van der Waals surface area (Å²) in [5.74, 6) is 0.0477. The third-order valence-electron chi connectivity index (χ3n) is 3.16. The Morgan fingerprint density at radius 2 is 1.68 bits per heavy atom. The van der Waals surface area contributed by atoms with Crippen LogP contribution < -0.4 is 5.32 Å². The molecule has 1 aliphatic rings. The third kappa shape index (κ3) is 4.23. The van der Waals surface area contributed by atoms with Crippen molar-refractivity contribution in [2.24, 2.45) is 5.41 Å². The van der Waals surface area contributed by atoms with Gasteiger partial charge in [-0.05, 0) is 48.4 Å². The molecule has 102 valence electrons. The van der Waals surface area contributed by atoms with Gasteiger partial charge in [-0.15, -0.1) is 0 Å². The molecule has 0 spiro atoms. The average Bonchev–Trinajstić information content (AvgIpc) is 3.11. The normalized spacial score (nSPS) is 16.3. The second-order valence-corrected chi connectivity index (χ2v) is 6.52. The highest BCUT2D eigenvalue weighted by atomic mass is 16.1. The van der Waals surface area contributed by atoms with Crippen LogP contribution in [0.2, 0.25) is 0 Å². The second-order valence-electron chi connectivity index (χ2n) is 6.52. The second kappa shape index (κ2) is 5.20. The number of hydrogen-bond donors (Lipinski definition) is 1. The predicted molar refractivity (Wildman–Crippen MR) is 80.0 cm³/mol. The Morgan fingerprint density at radius 3 is 2.16 bits per heavy atom. The zero-order valence-corrected chi connectivity index (χ0v) is 12.3. The lowest BCUT2D eigenvalue weighted by molar-refractivity contribution is 0.0951. The predicted octanol–water partition coefficient (Wildman–Crippen LogP) is 4.03. The summed E-state index contributed by atoms with van der Waals surface area (Å²) >= 11 is 0. The topological polar surface area (TPSA) is 29.1 Å². The van der Waals surface area contributed by atoms with Crippen LogP contribution in [-0.4, -0.2) is 11.9 Å². The zero-order chi connectivity index (χ0) is 14.0. The Kier molecular flexibility index (Phi) is 3.79. The summed E-state index contributed by atoms with van der Waals surface area (Å²) < 4.78 is 0. The Balaban J connectivity index is 2.09. The highest BCUT2D eigenvalue weighted by Crippen LogP contribution is 2.24. The molecule has 1 amide bonds. The fourth-order valence-electron chi connectivity index (χ4n) is 2.11. The van der Waals surface area contributed by atoms with Crippen LogP contribution in [0.5, 0.6) is 0 Å². The van der Waals surface area contributed by atoms with Gasteiger partial charge < -0.3 is 5.32 Å². The molecule has 0 saturated heterocycles. The molecule has 0 aromatic heterocycles. The van der Waals surface area contributed by atoms with Crippen LogP contribution in [-0.2, 0) is 0 Å². The number of benzene rings is 1. The van der Waals surface area contributed by atoms with E-state index < -0.39 is 0 Å². The Morgan fingerprint density at radius 1 is 1.16 bits per heavy atom. The molecule has 1 fully saturated rings.